The van der Waals surface area contributed by atoms with E-state index in [1.165, 1.54) is 0 Å². The van der Waals surface area contributed by atoms with E-state index >= 15 is 0 Å². The summed E-state index contributed by atoms with van der Waals surface area (Å²) in [6.45, 7) is 0.560. The van der Waals surface area contributed by atoms with Crippen LogP contribution in [-0.4, -0.2) is 41.7 Å². The van der Waals surface area contributed by atoms with E-state index in [0.717, 1.165) is 32.1 Å². The molecule has 0 aromatic rings. The van der Waals surface area contributed by atoms with E-state index in [4.69, 9.17) is 16.3 Å². The lowest BCUT2D eigenvalue weighted by molar-refractivity contribution is -0.153. The highest BCUT2D eigenvalue weighted by Gasteiger charge is 2.49. The topological polar surface area (TPSA) is 29.5 Å². The third-order valence-corrected chi connectivity index (χ3v) is 4.11. The van der Waals surface area contributed by atoms with E-state index in [1.807, 2.05) is 0 Å². The van der Waals surface area contributed by atoms with Crippen molar-refractivity contribution < 1.29 is 13.9 Å². The summed E-state index contributed by atoms with van der Waals surface area (Å²) in [4.78, 5) is 13.3. The van der Waals surface area contributed by atoms with Crippen LogP contribution in [0.2, 0.25) is 0 Å². The Morgan fingerprint density at radius 2 is 2.31 bits per heavy atom. The van der Waals surface area contributed by atoms with E-state index in [1.54, 1.807) is 12.0 Å². The Morgan fingerprint density at radius 1 is 1.62 bits per heavy atom. The van der Waals surface area contributed by atoms with Crippen LogP contribution in [0.15, 0.2) is 0 Å². The zero-order chi connectivity index (χ0) is 11.8. The van der Waals surface area contributed by atoms with Gasteiger partial charge < -0.3 is 9.64 Å². The molecule has 2 unspecified atom stereocenters. The second kappa shape index (κ2) is 4.49. The van der Waals surface area contributed by atoms with Crippen molar-refractivity contribution in [2.75, 3.05) is 13.7 Å². The van der Waals surface area contributed by atoms with E-state index in [2.05, 4.69) is 0 Å². The first-order valence-corrected chi connectivity index (χ1v) is 6.15. The van der Waals surface area contributed by atoms with Gasteiger partial charge in [0.05, 0.1) is 6.10 Å². The minimum absolute atomic E-state index is 0.171. The number of hydrogen-bond acceptors (Lipinski definition) is 2. The third kappa shape index (κ3) is 1.93. The van der Waals surface area contributed by atoms with Crippen molar-refractivity contribution in [2.24, 2.45) is 0 Å². The average molecular weight is 250 g/mol. The summed E-state index contributed by atoms with van der Waals surface area (Å²) in [6, 6.07) is 0. The molecule has 0 N–H and O–H groups in total. The molecule has 1 aliphatic heterocycles. The molecule has 3 nitrogen and oxygen atoms in total. The van der Waals surface area contributed by atoms with Gasteiger partial charge in [0, 0.05) is 19.2 Å². The quantitative estimate of drug-likeness (QED) is 0.702. The van der Waals surface area contributed by atoms with E-state index in [9.17, 15) is 9.18 Å². The summed E-state index contributed by atoms with van der Waals surface area (Å²) in [7, 11) is 1.69. The molecule has 0 aromatic heterocycles. The number of halogens is 2. The summed E-state index contributed by atoms with van der Waals surface area (Å²) < 4.78 is 18.3. The summed E-state index contributed by atoms with van der Waals surface area (Å²) in [5, 5.41) is 0. The molecule has 1 aliphatic carbocycles. The number of hydrogen-bond donors (Lipinski definition) is 0. The first-order chi connectivity index (χ1) is 7.59. The number of likely N-dealkylation sites (tertiary alicyclic amines) is 1. The van der Waals surface area contributed by atoms with Crippen molar-refractivity contribution in [2.45, 2.75) is 49.4 Å². The Bertz CT molecular complexity index is 281. The molecule has 1 saturated heterocycles. The number of ether oxygens (including phenoxy) is 1. The Hall–Kier alpha value is -0.350. The number of piperidine rings is 1. The number of rotatable bonds is 2. The lowest BCUT2D eigenvalue weighted by Gasteiger charge is -2.54. The Labute approximate surface area is 99.9 Å². The summed E-state index contributed by atoms with van der Waals surface area (Å²) in [5.41, 5.74) is -2.08. The van der Waals surface area contributed by atoms with Gasteiger partial charge >= 0.3 is 0 Å². The normalized spacial score (nSPS) is 29.9. The molecular weight excluding hydrogens is 233 g/mol. The van der Waals surface area contributed by atoms with Gasteiger partial charge in [-0.2, -0.15) is 0 Å². The van der Waals surface area contributed by atoms with Gasteiger partial charge in [0.25, 0.3) is 11.5 Å². The van der Waals surface area contributed by atoms with Gasteiger partial charge in [-0.1, -0.05) is 11.6 Å². The van der Waals surface area contributed by atoms with Gasteiger partial charge in [0.1, 0.15) is 0 Å². The summed E-state index contributed by atoms with van der Waals surface area (Å²) in [5.74, 6) is -0.573. The predicted molar refractivity (Wildman–Crippen MR) is 59.1 cm³/mol. The zero-order valence-electron chi connectivity index (χ0n) is 9.42. The van der Waals surface area contributed by atoms with Crippen molar-refractivity contribution >= 4 is 17.5 Å². The van der Waals surface area contributed by atoms with Crippen LogP contribution >= 0.6 is 11.6 Å². The monoisotopic (exact) mass is 249 g/mol. The molecule has 5 heteroatoms. The highest BCUT2D eigenvalue weighted by molar-refractivity contribution is 6.29. The molecule has 92 valence electrons. The van der Waals surface area contributed by atoms with Gasteiger partial charge in [0.2, 0.25) is 0 Å². The number of carbonyl (C=O) groups is 1. The fraction of sp³-hybridized carbons (Fsp3) is 0.909. The fourth-order valence-corrected chi connectivity index (χ4v) is 2.99. The van der Waals surface area contributed by atoms with Crippen molar-refractivity contribution in [3.8, 4) is 0 Å². The summed E-state index contributed by atoms with van der Waals surface area (Å²) in [6.07, 6.45) is 4.77. The SMILES string of the molecule is COC1CCN(C(=O)C(F)Cl)C2(CCC2)C1. The summed E-state index contributed by atoms with van der Waals surface area (Å²) >= 11 is 5.25. The van der Waals surface area contributed by atoms with Gasteiger partial charge in [-0.3, -0.25) is 4.79 Å². The van der Waals surface area contributed by atoms with Crippen LogP contribution in [0.4, 0.5) is 4.39 Å². The Morgan fingerprint density at radius 3 is 2.75 bits per heavy atom. The third-order valence-electron chi connectivity index (χ3n) is 3.93. The molecule has 1 amide bonds. The number of amides is 1. The highest BCUT2D eigenvalue weighted by Crippen LogP contribution is 2.45. The van der Waals surface area contributed by atoms with Gasteiger partial charge in [-0.05, 0) is 32.1 Å². The molecule has 1 saturated carbocycles. The van der Waals surface area contributed by atoms with E-state index in [-0.39, 0.29) is 11.6 Å². The molecule has 16 heavy (non-hydrogen) atoms. The van der Waals surface area contributed by atoms with E-state index in [0.29, 0.717) is 6.54 Å². The molecule has 1 heterocycles. The second-order valence-corrected chi connectivity index (χ2v) is 5.10. The number of alkyl halides is 2. The molecule has 2 rings (SSSR count). The van der Waals surface area contributed by atoms with Crippen LogP contribution < -0.4 is 0 Å². The van der Waals surface area contributed by atoms with Crippen LogP contribution in [-0.2, 0) is 9.53 Å². The maximum Gasteiger partial charge on any atom is 0.273 e. The number of nitrogens with zero attached hydrogens (tertiary/aromatic N) is 1. The zero-order valence-corrected chi connectivity index (χ0v) is 10.2. The smallest absolute Gasteiger partial charge is 0.273 e. The number of carbonyl (C=O) groups excluding carboxylic acids is 1. The van der Waals surface area contributed by atoms with E-state index < -0.39 is 11.5 Å². The molecule has 2 aliphatic rings. The van der Waals surface area contributed by atoms with Gasteiger partial charge in [-0.25, -0.2) is 4.39 Å². The minimum Gasteiger partial charge on any atom is -0.381 e. The van der Waals surface area contributed by atoms with Crippen molar-refractivity contribution in [3.63, 3.8) is 0 Å². The van der Waals surface area contributed by atoms with Crippen molar-refractivity contribution in [1.29, 1.82) is 0 Å². The first kappa shape index (κ1) is 12.1. The maximum atomic E-state index is 12.9. The highest BCUT2D eigenvalue weighted by atomic mass is 35.5. The molecule has 0 aromatic carbocycles. The molecule has 2 atom stereocenters. The van der Waals surface area contributed by atoms with Crippen molar-refractivity contribution in [3.05, 3.63) is 0 Å². The van der Waals surface area contributed by atoms with Gasteiger partial charge in [-0.15, -0.1) is 0 Å². The average Bonchev–Trinajstić information content (AvgIpc) is 2.24. The number of methoxy groups -OCH3 is 1. The van der Waals surface area contributed by atoms with Crippen LogP contribution in [0.25, 0.3) is 0 Å². The van der Waals surface area contributed by atoms with Crippen LogP contribution in [0.1, 0.15) is 32.1 Å². The largest absolute Gasteiger partial charge is 0.381 e. The molecule has 0 radical (unpaired) electrons. The Balaban J connectivity index is 2.10. The minimum atomic E-state index is -1.91. The lowest BCUT2D eigenvalue weighted by Crippen LogP contribution is -2.62. The molecular formula is C11H17ClFNO2. The van der Waals surface area contributed by atoms with Crippen LogP contribution in [0.5, 0.6) is 0 Å². The molecule has 1 spiro atoms. The molecule has 2 fully saturated rings. The van der Waals surface area contributed by atoms with Crippen LogP contribution in [0.3, 0.4) is 0 Å². The Kier molecular flexibility index (Phi) is 3.40. The standard InChI is InChI=1S/C11H17ClFNO2/c1-16-8-3-6-14(10(15)9(12)13)11(7-8)4-2-5-11/h8-9H,2-7H2,1H3. The first-order valence-electron chi connectivity index (χ1n) is 5.71. The maximum absolute atomic E-state index is 12.9. The molecule has 0 bridgehead atoms. The van der Waals surface area contributed by atoms with Crippen LogP contribution in [0, 0.1) is 0 Å². The van der Waals surface area contributed by atoms with Gasteiger partial charge in [0.15, 0.2) is 0 Å². The second-order valence-electron chi connectivity index (χ2n) is 4.72. The predicted octanol–water partition coefficient (Wildman–Crippen LogP) is 2.08. The lowest BCUT2D eigenvalue weighted by atomic mass is 9.69. The van der Waals surface area contributed by atoms with Crippen molar-refractivity contribution in [1.82, 2.24) is 4.90 Å². The fourth-order valence-electron chi connectivity index (χ4n) is 2.87.